The zero-order valence-corrected chi connectivity index (χ0v) is 15.4. The van der Waals surface area contributed by atoms with Gasteiger partial charge in [0.1, 0.15) is 5.01 Å². The molecule has 114 valence electrons. The summed E-state index contributed by atoms with van der Waals surface area (Å²) in [7, 11) is 1.78. The fraction of sp³-hybridized carbons (Fsp3) is 0.692. The van der Waals surface area contributed by atoms with Crippen LogP contribution >= 0.6 is 35.3 Å². The van der Waals surface area contributed by atoms with E-state index in [0.717, 1.165) is 37.0 Å². The molecule has 1 atom stereocenters. The van der Waals surface area contributed by atoms with Gasteiger partial charge in [-0.05, 0) is 26.7 Å². The Morgan fingerprint density at radius 1 is 1.55 bits per heavy atom. The summed E-state index contributed by atoms with van der Waals surface area (Å²) in [6.45, 7) is 6.55. The zero-order chi connectivity index (χ0) is 13.7. The van der Waals surface area contributed by atoms with Crippen LogP contribution in [0.15, 0.2) is 11.2 Å². The Morgan fingerprint density at radius 3 is 2.90 bits per heavy atom. The number of guanidine groups is 1. The second-order valence-electron chi connectivity index (χ2n) is 5.05. The van der Waals surface area contributed by atoms with Gasteiger partial charge in [-0.25, -0.2) is 4.98 Å². The van der Waals surface area contributed by atoms with E-state index in [1.807, 2.05) is 6.20 Å². The normalized spacial score (nSPS) is 22.4. The van der Waals surface area contributed by atoms with Gasteiger partial charge in [0.15, 0.2) is 5.96 Å². The van der Waals surface area contributed by atoms with Gasteiger partial charge < -0.3 is 15.4 Å². The molecule has 0 bridgehead atoms. The molecule has 0 aromatic carbocycles. The molecule has 1 aliphatic heterocycles. The summed E-state index contributed by atoms with van der Waals surface area (Å²) < 4.78 is 5.75. The number of ether oxygens (including phenoxy) is 1. The number of aliphatic imine (C=N–C) groups is 1. The van der Waals surface area contributed by atoms with Gasteiger partial charge in [-0.3, -0.25) is 4.99 Å². The van der Waals surface area contributed by atoms with E-state index >= 15 is 0 Å². The number of nitrogens with one attached hydrogen (secondary N) is 2. The molecule has 2 N–H and O–H groups in total. The van der Waals surface area contributed by atoms with Crippen molar-refractivity contribution in [2.75, 3.05) is 20.2 Å². The molecule has 1 unspecified atom stereocenters. The first-order chi connectivity index (χ1) is 9.11. The Labute approximate surface area is 141 Å². The van der Waals surface area contributed by atoms with Gasteiger partial charge in [-0.1, -0.05) is 0 Å². The van der Waals surface area contributed by atoms with Crippen LogP contribution in [0.4, 0.5) is 0 Å². The van der Waals surface area contributed by atoms with Gasteiger partial charge in [0.25, 0.3) is 0 Å². The third kappa shape index (κ3) is 5.17. The van der Waals surface area contributed by atoms with Gasteiger partial charge in [-0.15, -0.1) is 35.3 Å². The first-order valence-corrected chi connectivity index (χ1v) is 7.43. The molecule has 0 spiro atoms. The van der Waals surface area contributed by atoms with E-state index in [4.69, 9.17) is 4.74 Å². The minimum absolute atomic E-state index is 0. The van der Waals surface area contributed by atoms with Crippen molar-refractivity contribution in [2.45, 2.75) is 38.8 Å². The van der Waals surface area contributed by atoms with Crippen molar-refractivity contribution >= 4 is 41.3 Å². The largest absolute Gasteiger partial charge is 0.373 e. The lowest BCUT2D eigenvalue weighted by atomic mass is 10.0. The smallest absolute Gasteiger partial charge is 0.191 e. The lowest BCUT2D eigenvalue weighted by Gasteiger charge is -2.24. The van der Waals surface area contributed by atoms with E-state index in [1.54, 1.807) is 18.4 Å². The van der Waals surface area contributed by atoms with Crippen molar-refractivity contribution in [1.29, 1.82) is 0 Å². The number of nitrogens with zero attached hydrogens (tertiary/aromatic N) is 2. The predicted octanol–water partition coefficient (Wildman–Crippen LogP) is 2.30. The molecule has 0 aliphatic carbocycles. The third-order valence-corrected chi connectivity index (χ3v) is 4.14. The average molecular weight is 410 g/mol. The highest BCUT2D eigenvalue weighted by Crippen LogP contribution is 2.23. The van der Waals surface area contributed by atoms with Gasteiger partial charge >= 0.3 is 0 Å². The minimum Gasteiger partial charge on any atom is -0.373 e. The van der Waals surface area contributed by atoms with E-state index in [1.165, 1.54) is 4.88 Å². The molecular weight excluding hydrogens is 387 g/mol. The number of halogens is 1. The Morgan fingerprint density at radius 2 is 2.35 bits per heavy atom. The molecule has 1 aromatic rings. The molecule has 0 amide bonds. The second-order valence-corrected chi connectivity index (χ2v) is 6.37. The predicted molar refractivity (Wildman–Crippen MR) is 94.1 cm³/mol. The van der Waals surface area contributed by atoms with Crippen LogP contribution in [0.3, 0.4) is 0 Å². The monoisotopic (exact) mass is 410 g/mol. The molecule has 1 aromatic heterocycles. The molecular formula is C13H23IN4OS. The van der Waals surface area contributed by atoms with Crippen molar-refractivity contribution in [2.24, 2.45) is 4.99 Å². The molecule has 2 rings (SSSR count). The number of thiazole rings is 1. The molecule has 1 aliphatic rings. The first-order valence-electron chi connectivity index (χ1n) is 6.61. The van der Waals surface area contributed by atoms with Crippen LogP contribution in [0.2, 0.25) is 0 Å². The van der Waals surface area contributed by atoms with E-state index < -0.39 is 0 Å². The first kappa shape index (κ1) is 17.6. The Balaban J connectivity index is 0.00000200. The summed E-state index contributed by atoms with van der Waals surface area (Å²) in [5.41, 5.74) is -0.0601. The molecule has 5 nitrogen and oxygen atoms in total. The highest BCUT2D eigenvalue weighted by atomic mass is 127. The topological polar surface area (TPSA) is 58.5 Å². The number of hydrogen-bond donors (Lipinski definition) is 2. The van der Waals surface area contributed by atoms with Crippen molar-refractivity contribution in [3.63, 3.8) is 0 Å². The minimum atomic E-state index is -0.0601. The van der Waals surface area contributed by atoms with Gasteiger partial charge in [0, 0.05) is 31.3 Å². The fourth-order valence-corrected chi connectivity index (χ4v) is 2.84. The van der Waals surface area contributed by atoms with Crippen LogP contribution < -0.4 is 10.6 Å². The van der Waals surface area contributed by atoms with E-state index in [9.17, 15) is 0 Å². The maximum absolute atomic E-state index is 5.75. The summed E-state index contributed by atoms with van der Waals surface area (Å²) in [5, 5.41) is 7.66. The molecule has 1 fully saturated rings. The molecule has 1 saturated heterocycles. The number of aromatic nitrogens is 1. The Bertz CT molecular complexity index is 443. The molecule has 2 heterocycles. The Hall–Kier alpha value is -0.410. The van der Waals surface area contributed by atoms with E-state index in [2.05, 4.69) is 34.5 Å². The summed E-state index contributed by atoms with van der Waals surface area (Å²) >= 11 is 1.70. The summed E-state index contributed by atoms with van der Waals surface area (Å²) in [5.74, 6) is 0.796. The standard InChI is InChI=1S/C13H22N4OS.HI/c1-10-7-15-11(19-10)8-16-12(14-3)17-9-13(2)5-4-6-18-13;/h7H,4-6,8-9H2,1-3H3,(H2,14,16,17);1H. The van der Waals surface area contributed by atoms with Crippen LogP contribution in [0.1, 0.15) is 29.7 Å². The number of aryl methyl sites for hydroxylation is 1. The highest BCUT2D eigenvalue weighted by Gasteiger charge is 2.29. The van der Waals surface area contributed by atoms with Crippen LogP contribution in [-0.4, -0.2) is 36.7 Å². The number of rotatable bonds is 4. The molecule has 0 radical (unpaired) electrons. The summed E-state index contributed by atoms with van der Waals surface area (Å²) in [4.78, 5) is 9.77. The van der Waals surface area contributed by atoms with Crippen molar-refractivity contribution in [3.05, 3.63) is 16.1 Å². The van der Waals surface area contributed by atoms with Crippen LogP contribution in [0, 0.1) is 6.92 Å². The van der Waals surface area contributed by atoms with Crippen molar-refractivity contribution in [1.82, 2.24) is 15.6 Å². The van der Waals surface area contributed by atoms with E-state index in [0.29, 0.717) is 6.54 Å². The maximum Gasteiger partial charge on any atom is 0.191 e. The average Bonchev–Trinajstić information content (AvgIpc) is 2.99. The van der Waals surface area contributed by atoms with Crippen LogP contribution in [0.25, 0.3) is 0 Å². The third-order valence-electron chi connectivity index (χ3n) is 3.23. The van der Waals surface area contributed by atoms with Crippen molar-refractivity contribution in [3.8, 4) is 0 Å². The van der Waals surface area contributed by atoms with Crippen LogP contribution in [-0.2, 0) is 11.3 Å². The van der Waals surface area contributed by atoms with Gasteiger partial charge in [0.2, 0.25) is 0 Å². The molecule has 20 heavy (non-hydrogen) atoms. The SMILES string of the molecule is CN=C(NCc1ncc(C)s1)NCC1(C)CCCO1.I. The molecule has 0 saturated carbocycles. The van der Waals surface area contributed by atoms with Crippen LogP contribution in [0.5, 0.6) is 0 Å². The molecule has 7 heteroatoms. The Kier molecular flexibility index (Phi) is 7.18. The fourth-order valence-electron chi connectivity index (χ4n) is 2.11. The summed E-state index contributed by atoms with van der Waals surface area (Å²) in [6.07, 6.45) is 4.14. The van der Waals surface area contributed by atoms with E-state index in [-0.39, 0.29) is 29.6 Å². The quantitative estimate of drug-likeness (QED) is 0.455. The summed E-state index contributed by atoms with van der Waals surface area (Å²) in [6, 6.07) is 0. The highest BCUT2D eigenvalue weighted by molar-refractivity contribution is 14.0. The zero-order valence-electron chi connectivity index (χ0n) is 12.2. The number of hydrogen-bond acceptors (Lipinski definition) is 4. The lowest BCUT2D eigenvalue weighted by molar-refractivity contribution is 0.0243. The van der Waals surface area contributed by atoms with Gasteiger partial charge in [0.05, 0.1) is 12.1 Å². The second kappa shape index (κ2) is 8.14. The van der Waals surface area contributed by atoms with Gasteiger partial charge in [-0.2, -0.15) is 0 Å². The lowest BCUT2D eigenvalue weighted by Crippen LogP contribution is -2.45. The maximum atomic E-state index is 5.75. The van der Waals surface area contributed by atoms with Crippen molar-refractivity contribution < 1.29 is 4.74 Å².